The van der Waals surface area contributed by atoms with Gasteiger partial charge in [0.05, 0.1) is 19.3 Å². The Kier molecular flexibility index (Phi) is 11.7. The molecule has 5 N–H and O–H groups in total. The van der Waals surface area contributed by atoms with Gasteiger partial charge in [-0.3, -0.25) is 19.2 Å². The van der Waals surface area contributed by atoms with Crippen LogP contribution in [0.3, 0.4) is 0 Å². The Balaban J connectivity index is 1.81. The standard InChI is InChI=1S/C32H53N5O8/c1-17(2)20-11-13-37(22(20)27(40)34-21(15-18-9-10-18)23(38)26(33)39)28(41)24(31(3,4)5)35-30(43)36-25(32(6,7)8)29(42)45-19-12-14-44-16-19/h17-22,24-25H,9-16H2,1-8H3,(H2,33,39)(H,34,40)(H2,35,36,43)/t19?,20?,21?,22-,24+,25+/m0/s1. The van der Waals surface area contributed by atoms with Crippen LogP contribution in [0.4, 0.5) is 4.79 Å². The molecule has 3 rings (SSSR count). The molecule has 0 aromatic carbocycles. The van der Waals surface area contributed by atoms with Crippen LogP contribution in [0.1, 0.15) is 87.5 Å². The van der Waals surface area contributed by atoms with Crippen molar-refractivity contribution in [1.29, 1.82) is 0 Å². The summed E-state index contributed by atoms with van der Waals surface area (Å²) < 4.78 is 10.9. The molecule has 1 saturated carbocycles. The van der Waals surface area contributed by atoms with Crippen molar-refractivity contribution >= 4 is 35.5 Å². The van der Waals surface area contributed by atoms with Crippen molar-refractivity contribution < 1.29 is 38.2 Å². The lowest BCUT2D eigenvalue weighted by Gasteiger charge is -2.37. The lowest BCUT2D eigenvalue weighted by Crippen LogP contribution is -2.62. The summed E-state index contributed by atoms with van der Waals surface area (Å²) in [6.07, 6.45) is 2.87. The first-order valence-electron chi connectivity index (χ1n) is 16.1. The van der Waals surface area contributed by atoms with Crippen LogP contribution in [-0.4, -0.2) is 90.4 Å². The molecule has 0 aromatic heterocycles. The molecule has 0 radical (unpaired) electrons. The fourth-order valence-electron chi connectivity index (χ4n) is 6.03. The molecule has 0 bridgehead atoms. The first-order chi connectivity index (χ1) is 20.8. The molecule has 0 aromatic rings. The molecular weight excluding hydrogens is 582 g/mol. The maximum absolute atomic E-state index is 14.2. The van der Waals surface area contributed by atoms with E-state index < -0.39 is 70.5 Å². The molecular formula is C32H53N5O8. The number of esters is 1. The van der Waals surface area contributed by atoms with Gasteiger partial charge < -0.3 is 36.1 Å². The van der Waals surface area contributed by atoms with Crippen molar-refractivity contribution in [3.63, 3.8) is 0 Å². The average Bonchev–Trinajstić information content (AvgIpc) is 3.39. The van der Waals surface area contributed by atoms with Gasteiger partial charge in [0.1, 0.15) is 24.2 Å². The fourth-order valence-corrected chi connectivity index (χ4v) is 6.03. The minimum absolute atomic E-state index is 0.0282. The van der Waals surface area contributed by atoms with Crippen molar-refractivity contribution in [1.82, 2.24) is 20.9 Å². The maximum atomic E-state index is 14.2. The zero-order valence-corrected chi connectivity index (χ0v) is 28.1. The molecule has 2 heterocycles. The van der Waals surface area contributed by atoms with Gasteiger partial charge in [-0.2, -0.15) is 0 Å². The highest BCUT2D eigenvalue weighted by atomic mass is 16.6. The number of rotatable bonds is 12. The molecule has 1 aliphatic carbocycles. The van der Waals surface area contributed by atoms with Crippen LogP contribution in [0.2, 0.25) is 0 Å². The van der Waals surface area contributed by atoms with Crippen molar-refractivity contribution in [2.75, 3.05) is 19.8 Å². The highest BCUT2D eigenvalue weighted by Crippen LogP contribution is 2.35. The summed E-state index contributed by atoms with van der Waals surface area (Å²) in [7, 11) is 0. The van der Waals surface area contributed by atoms with Gasteiger partial charge in [0.25, 0.3) is 5.91 Å². The van der Waals surface area contributed by atoms with E-state index >= 15 is 0 Å². The van der Waals surface area contributed by atoms with E-state index in [-0.39, 0.29) is 30.4 Å². The van der Waals surface area contributed by atoms with Crippen LogP contribution < -0.4 is 21.7 Å². The van der Waals surface area contributed by atoms with Crippen molar-refractivity contribution in [2.45, 2.75) is 118 Å². The monoisotopic (exact) mass is 635 g/mol. The van der Waals surface area contributed by atoms with Crippen LogP contribution in [-0.2, 0) is 33.4 Å². The summed E-state index contributed by atoms with van der Waals surface area (Å²) in [4.78, 5) is 80.3. The number of nitrogens with zero attached hydrogens (tertiary/aromatic N) is 1. The van der Waals surface area contributed by atoms with Crippen LogP contribution in [0.25, 0.3) is 0 Å². The Morgan fingerprint density at radius 2 is 1.49 bits per heavy atom. The highest BCUT2D eigenvalue weighted by molar-refractivity contribution is 6.37. The van der Waals surface area contributed by atoms with Crippen LogP contribution in [0.15, 0.2) is 0 Å². The van der Waals surface area contributed by atoms with Gasteiger partial charge in [-0.05, 0) is 41.4 Å². The number of ether oxygens (including phenoxy) is 2. The Morgan fingerprint density at radius 1 is 0.889 bits per heavy atom. The summed E-state index contributed by atoms with van der Waals surface area (Å²) >= 11 is 0. The lowest BCUT2D eigenvalue weighted by atomic mass is 9.84. The molecule has 13 nitrogen and oxygen atoms in total. The number of hydrogen-bond acceptors (Lipinski definition) is 8. The van der Waals surface area contributed by atoms with Crippen LogP contribution in [0, 0.1) is 28.6 Å². The number of carbonyl (C=O) groups excluding carboxylic acids is 6. The lowest BCUT2D eigenvalue weighted by molar-refractivity contribution is -0.154. The number of amides is 5. The number of Topliss-reactive ketones (excluding diaryl/α,β-unsaturated/α-hetero) is 1. The highest BCUT2D eigenvalue weighted by Gasteiger charge is 2.48. The molecule has 45 heavy (non-hydrogen) atoms. The summed E-state index contributed by atoms with van der Waals surface area (Å²) in [5.74, 6) is -3.50. The first kappa shape index (κ1) is 36.3. The minimum atomic E-state index is -1.11. The van der Waals surface area contributed by atoms with Crippen molar-refractivity contribution in [3.8, 4) is 0 Å². The molecule has 2 saturated heterocycles. The quantitative estimate of drug-likeness (QED) is 0.184. The number of nitrogens with two attached hydrogens (primary N) is 1. The van der Waals surface area contributed by atoms with Gasteiger partial charge in [-0.1, -0.05) is 68.2 Å². The van der Waals surface area contributed by atoms with E-state index in [9.17, 15) is 28.8 Å². The second kappa shape index (κ2) is 14.5. The normalized spacial score (nSPS) is 24.0. The smallest absolute Gasteiger partial charge is 0.329 e. The van der Waals surface area contributed by atoms with Gasteiger partial charge >= 0.3 is 12.0 Å². The summed E-state index contributed by atoms with van der Waals surface area (Å²) in [6, 6.07) is -4.76. The van der Waals surface area contributed by atoms with E-state index in [1.807, 2.05) is 13.8 Å². The van der Waals surface area contributed by atoms with Crippen LogP contribution in [0.5, 0.6) is 0 Å². The topological polar surface area (TPSA) is 186 Å². The Morgan fingerprint density at radius 3 is 1.98 bits per heavy atom. The van der Waals surface area contributed by atoms with Gasteiger partial charge in [-0.15, -0.1) is 0 Å². The minimum Gasteiger partial charge on any atom is -0.458 e. The maximum Gasteiger partial charge on any atom is 0.329 e. The third-order valence-corrected chi connectivity index (χ3v) is 8.93. The van der Waals surface area contributed by atoms with Crippen LogP contribution >= 0.6 is 0 Å². The number of carbonyl (C=O) groups is 6. The predicted molar refractivity (Wildman–Crippen MR) is 165 cm³/mol. The molecule has 3 fully saturated rings. The van der Waals surface area contributed by atoms with Gasteiger partial charge in [-0.25, -0.2) is 9.59 Å². The average molecular weight is 636 g/mol. The molecule has 6 atom stereocenters. The Labute approximate surface area is 266 Å². The number of urea groups is 1. The zero-order chi connectivity index (χ0) is 33.9. The van der Waals surface area contributed by atoms with E-state index in [4.69, 9.17) is 15.2 Å². The largest absolute Gasteiger partial charge is 0.458 e. The number of primary amides is 1. The predicted octanol–water partition coefficient (Wildman–Crippen LogP) is 1.66. The first-order valence-corrected chi connectivity index (χ1v) is 16.1. The van der Waals surface area contributed by atoms with E-state index in [0.29, 0.717) is 32.5 Å². The van der Waals surface area contributed by atoms with Gasteiger partial charge in [0.2, 0.25) is 17.6 Å². The third kappa shape index (κ3) is 9.64. The molecule has 2 aliphatic heterocycles. The van der Waals surface area contributed by atoms with Crippen molar-refractivity contribution in [2.24, 2.45) is 34.3 Å². The summed E-state index contributed by atoms with van der Waals surface area (Å²) in [5.41, 5.74) is 3.81. The zero-order valence-electron chi connectivity index (χ0n) is 28.1. The van der Waals surface area contributed by atoms with E-state index in [2.05, 4.69) is 16.0 Å². The van der Waals surface area contributed by atoms with Crippen molar-refractivity contribution in [3.05, 3.63) is 0 Å². The summed E-state index contributed by atoms with van der Waals surface area (Å²) in [5, 5.41) is 8.23. The van der Waals surface area contributed by atoms with E-state index in [1.165, 1.54) is 4.90 Å². The molecule has 13 heteroatoms. The molecule has 254 valence electrons. The number of hydrogen-bond donors (Lipinski definition) is 4. The number of likely N-dealkylation sites (tertiary alicyclic amines) is 1. The molecule has 0 spiro atoms. The second-order valence-corrected chi connectivity index (χ2v) is 15.3. The Hall–Kier alpha value is -3.22. The van der Waals surface area contributed by atoms with E-state index in [0.717, 1.165) is 12.8 Å². The Bertz CT molecular complexity index is 1130. The molecule has 3 aliphatic rings. The SMILES string of the molecule is CC(C)C1CCN(C(=O)[C@@H](NC(=O)N[C@H](C(=O)OC2CCOC2)C(C)(C)C)C(C)(C)C)[C@@H]1C(=O)NC(CC1CC1)C(=O)C(N)=O. The van der Waals surface area contributed by atoms with Gasteiger partial charge in [0.15, 0.2) is 0 Å². The number of ketones is 1. The molecule has 5 amide bonds. The fraction of sp³-hybridized carbons (Fsp3) is 0.812. The molecule has 3 unspecified atom stereocenters. The summed E-state index contributed by atoms with van der Waals surface area (Å²) in [6.45, 7) is 15.8. The van der Waals surface area contributed by atoms with Gasteiger partial charge in [0, 0.05) is 13.0 Å². The number of nitrogens with one attached hydrogen (secondary N) is 3. The third-order valence-electron chi connectivity index (χ3n) is 8.93. The second-order valence-electron chi connectivity index (χ2n) is 15.3. The van der Waals surface area contributed by atoms with E-state index in [1.54, 1.807) is 41.5 Å².